The summed E-state index contributed by atoms with van der Waals surface area (Å²) in [6, 6.07) is 13.9. The third-order valence-corrected chi connectivity index (χ3v) is 17.3. The topological polar surface area (TPSA) is 195 Å². The van der Waals surface area contributed by atoms with Crippen LogP contribution in [0.2, 0.25) is 0 Å². The second-order valence-electron chi connectivity index (χ2n) is 18.5. The van der Waals surface area contributed by atoms with E-state index in [1.54, 1.807) is 23.6 Å². The second kappa shape index (κ2) is 13.5. The van der Waals surface area contributed by atoms with Crippen molar-refractivity contribution in [1.82, 2.24) is 9.80 Å². The molecule has 2 saturated heterocycles. The van der Waals surface area contributed by atoms with Gasteiger partial charge in [0.15, 0.2) is 34.7 Å². The Balaban J connectivity index is 0.000000134. The number of rotatable bonds is 6. The lowest BCUT2D eigenvalue weighted by Crippen LogP contribution is -2.60. The number of carbonyl (C=O) groups is 10. The summed E-state index contributed by atoms with van der Waals surface area (Å²) in [5, 5.41) is 0. The van der Waals surface area contributed by atoms with Crippen LogP contribution < -0.4 is 0 Å². The highest BCUT2D eigenvalue weighted by Gasteiger charge is 2.78. The van der Waals surface area contributed by atoms with Crippen LogP contribution >= 0.6 is 31.9 Å². The van der Waals surface area contributed by atoms with Gasteiger partial charge < -0.3 is 19.3 Å². The SMILES string of the molecule is CCOC(=O)C1CN1C1=C(Br)C(=O)C2=C(C1=O)C1C3=C(C(=O)C=CC3=O)C3c4ccccc4C213.CCOC(=O)C1CN1C1=C(Br)C(=O)C2=C(C1=O)C1C3=C(C(=O)C=CC3=O)C3c4ccccc4C213. The van der Waals surface area contributed by atoms with Gasteiger partial charge in [0.05, 0.1) is 35.3 Å². The molecule has 0 N–H and O–H groups in total. The summed E-state index contributed by atoms with van der Waals surface area (Å²) >= 11 is 6.69. The van der Waals surface area contributed by atoms with Crippen molar-refractivity contribution in [3.05, 3.63) is 160 Å². The normalized spacial score (nSPS) is 32.1. The molecule has 0 saturated carbocycles. The molecule has 68 heavy (non-hydrogen) atoms. The summed E-state index contributed by atoms with van der Waals surface area (Å²) in [7, 11) is 0. The fraction of sp³-hybridized carbons (Fsp3) is 0.269. The molecule has 2 fully saturated rings. The van der Waals surface area contributed by atoms with Crippen molar-refractivity contribution < 1.29 is 57.4 Å². The Bertz CT molecular complexity index is 3170. The first-order valence-corrected chi connectivity index (χ1v) is 23.8. The largest absolute Gasteiger partial charge is 0.464 e. The van der Waals surface area contributed by atoms with Crippen LogP contribution in [0.3, 0.4) is 0 Å². The highest BCUT2D eigenvalue weighted by atomic mass is 79.9. The Labute approximate surface area is 402 Å². The Kier molecular flexibility index (Phi) is 8.20. The number of benzene rings is 2. The molecule has 14 nitrogen and oxygen atoms in total. The number of halogens is 2. The van der Waals surface area contributed by atoms with Gasteiger partial charge in [-0.25, -0.2) is 9.59 Å². The van der Waals surface area contributed by atoms with Crippen molar-refractivity contribution in [2.75, 3.05) is 26.3 Å². The van der Waals surface area contributed by atoms with E-state index in [1.165, 1.54) is 24.3 Å². The molecule has 0 radical (unpaired) electrons. The van der Waals surface area contributed by atoms with Crippen LogP contribution in [0, 0.1) is 11.8 Å². The van der Waals surface area contributed by atoms with E-state index in [0.717, 1.165) is 22.3 Å². The molecule has 2 spiro atoms. The highest BCUT2D eigenvalue weighted by molar-refractivity contribution is 9.12. The van der Waals surface area contributed by atoms with E-state index in [0.29, 0.717) is 33.4 Å². The Morgan fingerprint density at radius 2 is 0.853 bits per heavy atom. The van der Waals surface area contributed by atoms with Crippen LogP contribution in [0.1, 0.15) is 47.9 Å². The molecule has 16 heteroatoms. The molecular formula is C52H32Br2N2O12. The van der Waals surface area contributed by atoms with Gasteiger partial charge in [-0.3, -0.25) is 38.4 Å². The number of esters is 2. The van der Waals surface area contributed by atoms with Gasteiger partial charge in [-0.2, -0.15) is 0 Å². The van der Waals surface area contributed by atoms with Crippen LogP contribution in [0.4, 0.5) is 0 Å². The molecule has 14 rings (SSSR count). The zero-order chi connectivity index (χ0) is 47.4. The predicted molar refractivity (Wildman–Crippen MR) is 241 cm³/mol. The standard InChI is InChI=1S/2C26H16BrNO6/c2*1-2-34-25(33)12-9-28(12)22-21(27)24(32)20-17(23(22)31)19-16-14(30)8-7-13(29)15(16)18-10-5-3-4-6-11(10)26(18,19)20/h2*3-8,12,18-19H,2,9H2,1H3. The summed E-state index contributed by atoms with van der Waals surface area (Å²) in [6.45, 7) is 4.40. The zero-order valence-corrected chi connectivity index (χ0v) is 38.9. The maximum Gasteiger partial charge on any atom is 0.330 e. The third-order valence-electron chi connectivity index (χ3n) is 15.9. The maximum absolute atomic E-state index is 13.8. The number of carbonyl (C=O) groups excluding carboxylic acids is 10. The number of hydrogen-bond acceptors (Lipinski definition) is 14. The van der Waals surface area contributed by atoms with E-state index in [4.69, 9.17) is 9.47 Å². The minimum atomic E-state index is -0.870. The van der Waals surface area contributed by atoms with Gasteiger partial charge in [0.1, 0.15) is 23.5 Å². The van der Waals surface area contributed by atoms with Crippen molar-refractivity contribution in [1.29, 1.82) is 0 Å². The molecule has 0 aromatic heterocycles. The quantitative estimate of drug-likeness (QED) is 0.229. The van der Waals surface area contributed by atoms with E-state index in [1.807, 2.05) is 48.5 Å². The number of allylic oxidation sites excluding steroid dienone is 14. The molecule has 0 amide bonds. The molecule has 0 bridgehead atoms. The van der Waals surface area contributed by atoms with Crippen LogP contribution in [0.25, 0.3) is 0 Å². The van der Waals surface area contributed by atoms with Crippen LogP contribution in [0.5, 0.6) is 0 Å². The third kappa shape index (κ3) is 4.50. The number of nitrogens with zero attached hydrogens (tertiary/aromatic N) is 2. The van der Waals surface area contributed by atoms with E-state index < -0.39 is 58.5 Å². The minimum Gasteiger partial charge on any atom is -0.464 e. The molecular weight excluding hydrogens is 1000 g/mol. The summed E-state index contributed by atoms with van der Waals surface area (Å²) in [4.78, 5) is 135. The van der Waals surface area contributed by atoms with Gasteiger partial charge in [-0.15, -0.1) is 0 Å². The Morgan fingerprint density at radius 1 is 0.515 bits per heavy atom. The van der Waals surface area contributed by atoms with Crippen molar-refractivity contribution in [3.8, 4) is 0 Å². The average Bonchev–Trinajstić information content (AvgIpc) is 4.22. The number of ketones is 8. The molecule has 2 aliphatic heterocycles. The number of ether oxygens (including phenoxy) is 2. The fourth-order valence-corrected chi connectivity index (χ4v) is 14.7. The van der Waals surface area contributed by atoms with Crippen molar-refractivity contribution in [3.63, 3.8) is 0 Å². The first-order chi connectivity index (χ1) is 32.7. The maximum atomic E-state index is 13.8. The van der Waals surface area contributed by atoms with Gasteiger partial charge in [0.2, 0.25) is 11.6 Å². The van der Waals surface area contributed by atoms with E-state index >= 15 is 0 Å². The van der Waals surface area contributed by atoms with Crippen molar-refractivity contribution in [2.45, 2.75) is 48.6 Å². The molecule has 2 aromatic rings. The molecule has 2 aromatic carbocycles. The molecule has 10 aliphatic carbocycles. The summed E-state index contributed by atoms with van der Waals surface area (Å²) in [5.74, 6) is -5.53. The van der Waals surface area contributed by atoms with Gasteiger partial charge in [0, 0.05) is 79.1 Å². The zero-order valence-electron chi connectivity index (χ0n) is 35.8. The van der Waals surface area contributed by atoms with Gasteiger partial charge in [-0.05, 0) is 92.3 Å². The number of fused-ring (bicyclic) bond motifs is 10. The first kappa shape index (κ1) is 41.4. The summed E-state index contributed by atoms with van der Waals surface area (Å²) in [5.41, 5.74) is 4.88. The number of Topliss-reactive ketones (excluding diaryl/α,β-unsaturated/α-hetero) is 4. The Hall–Kier alpha value is -6.78. The smallest absolute Gasteiger partial charge is 0.330 e. The number of hydrogen-bond donors (Lipinski definition) is 0. The van der Waals surface area contributed by atoms with Crippen molar-refractivity contribution >= 4 is 90.1 Å². The van der Waals surface area contributed by atoms with E-state index in [2.05, 4.69) is 31.9 Å². The van der Waals surface area contributed by atoms with Crippen LogP contribution in [0.15, 0.2) is 138 Å². The summed E-state index contributed by atoms with van der Waals surface area (Å²) in [6.07, 6.45) is 5.07. The predicted octanol–water partition coefficient (Wildman–Crippen LogP) is 3.94. The summed E-state index contributed by atoms with van der Waals surface area (Å²) < 4.78 is 10.4. The highest BCUT2D eigenvalue weighted by Crippen LogP contribution is 2.79. The average molecular weight is 1040 g/mol. The fourth-order valence-electron chi connectivity index (χ4n) is 13.5. The van der Waals surface area contributed by atoms with Crippen molar-refractivity contribution in [2.24, 2.45) is 11.8 Å². The lowest BCUT2D eigenvalue weighted by Gasteiger charge is -2.60. The second-order valence-corrected chi connectivity index (χ2v) is 20.1. The molecule has 2 heterocycles. The molecule has 12 aliphatic rings. The Morgan fingerprint density at radius 3 is 1.21 bits per heavy atom. The lowest BCUT2D eigenvalue weighted by molar-refractivity contribution is -0.144. The minimum absolute atomic E-state index is 0.111. The monoisotopic (exact) mass is 1030 g/mol. The lowest BCUT2D eigenvalue weighted by atomic mass is 9.40. The molecule has 8 unspecified atom stereocenters. The van der Waals surface area contributed by atoms with Crippen LogP contribution in [-0.2, 0) is 68.2 Å². The van der Waals surface area contributed by atoms with E-state index in [9.17, 15) is 47.9 Å². The molecule has 8 atom stereocenters. The van der Waals surface area contributed by atoms with Gasteiger partial charge in [-0.1, -0.05) is 48.5 Å². The van der Waals surface area contributed by atoms with Gasteiger partial charge >= 0.3 is 11.9 Å². The van der Waals surface area contributed by atoms with E-state index in [-0.39, 0.29) is 104 Å². The first-order valence-electron chi connectivity index (χ1n) is 22.2. The van der Waals surface area contributed by atoms with Crippen LogP contribution in [-0.4, -0.2) is 106 Å². The van der Waals surface area contributed by atoms with Gasteiger partial charge in [0.25, 0.3) is 0 Å². The molecule has 336 valence electrons.